The summed E-state index contributed by atoms with van der Waals surface area (Å²) in [6.07, 6.45) is 3.66. The van der Waals surface area contributed by atoms with Crippen molar-refractivity contribution in [1.82, 2.24) is 0 Å². The minimum atomic E-state index is -0.412. The van der Waals surface area contributed by atoms with E-state index < -0.39 is 12.2 Å². The first kappa shape index (κ1) is 15.2. The van der Waals surface area contributed by atoms with Gasteiger partial charge in [-0.15, -0.1) is 0 Å². The number of aliphatic hydroxyl groups excluding tert-OH is 4. The van der Waals surface area contributed by atoms with Gasteiger partial charge in [-0.3, -0.25) is 0 Å². The normalized spacial score (nSPS) is 45.9. The van der Waals surface area contributed by atoms with E-state index in [2.05, 4.69) is 6.92 Å². The highest BCUT2D eigenvalue weighted by atomic mass is 16.3. The zero-order chi connectivity index (χ0) is 14.0. The number of hydrogen-bond acceptors (Lipinski definition) is 4. The molecule has 0 aromatic heterocycles. The molecule has 0 radical (unpaired) electrons. The second kappa shape index (κ2) is 6.53. The quantitative estimate of drug-likeness (QED) is 0.619. The van der Waals surface area contributed by atoms with Crippen LogP contribution < -0.4 is 0 Å². The van der Waals surface area contributed by atoms with E-state index in [0.29, 0.717) is 18.8 Å². The Balaban J connectivity index is 1.85. The van der Waals surface area contributed by atoms with Crippen molar-refractivity contribution in [1.29, 1.82) is 0 Å². The maximum atomic E-state index is 10.1. The molecule has 2 rings (SSSR count). The predicted molar refractivity (Wildman–Crippen MR) is 72.5 cm³/mol. The van der Waals surface area contributed by atoms with Gasteiger partial charge in [-0.1, -0.05) is 6.92 Å². The molecule has 2 aliphatic carbocycles. The lowest BCUT2D eigenvalue weighted by atomic mass is 9.71. The largest absolute Gasteiger partial charge is 0.393 e. The molecule has 0 aliphatic heterocycles. The van der Waals surface area contributed by atoms with Gasteiger partial charge >= 0.3 is 0 Å². The molecule has 2 aliphatic rings. The van der Waals surface area contributed by atoms with Crippen LogP contribution in [0.1, 0.15) is 51.9 Å². The predicted octanol–water partition coefficient (Wildman–Crippen LogP) is 1.06. The molecule has 2 fully saturated rings. The summed E-state index contributed by atoms with van der Waals surface area (Å²) < 4.78 is 0. The second-order valence-corrected chi connectivity index (χ2v) is 6.71. The van der Waals surface area contributed by atoms with E-state index in [9.17, 15) is 20.4 Å². The van der Waals surface area contributed by atoms with Gasteiger partial charge < -0.3 is 20.4 Å². The highest BCUT2D eigenvalue weighted by molar-refractivity contribution is 4.86. The minimum absolute atomic E-state index is 0.238. The van der Waals surface area contributed by atoms with Crippen LogP contribution in [0.25, 0.3) is 0 Å². The molecule has 0 saturated heterocycles. The van der Waals surface area contributed by atoms with Gasteiger partial charge in [0.05, 0.1) is 24.4 Å². The maximum Gasteiger partial charge on any atom is 0.0595 e. The summed E-state index contributed by atoms with van der Waals surface area (Å²) >= 11 is 0. The van der Waals surface area contributed by atoms with Crippen LogP contribution in [-0.4, -0.2) is 44.8 Å². The Morgan fingerprint density at radius 1 is 0.842 bits per heavy atom. The van der Waals surface area contributed by atoms with Gasteiger partial charge in [-0.25, -0.2) is 0 Å². The van der Waals surface area contributed by atoms with Crippen LogP contribution in [0.5, 0.6) is 0 Å². The summed E-state index contributed by atoms with van der Waals surface area (Å²) in [6.45, 7) is 2.14. The Morgan fingerprint density at radius 3 is 2.00 bits per heavy atom. The van der Waals surface area contributed by atoms with Crippen molar-refractivity contribution in [3.63, 3.8) is 0 Å². The second-order valence-electron chi connectivity index (χ2n) is 6.71. The third-order valence-electron chi connectivity index (χ3n) is 5.17. The van der Waals surface area contributed by atoms with Crippen LogP contribution in [0, 0.1) is 17.8 Å². The van der Waals surface area contributed by atoms with Crippen molar-refractivity contribution in [2.45, 2.75) is 76.3 Å². The van der Waals surface area contributed by atoms with E-state index in [-0.39, 0.29) is 24.0 Å². The van der Waals surface area contributed by atoms with Crippen LogP contribution in [0.3, 0.4) is 0 Å². The number of hydrogen-bond donors (Lipinski definition) is 4. The number of rotatable bonds is 3. The lowest BCUT2D eigenvalue weighted by Gasteiger charge is -2.38. The molecule has 4 heteroatoms. The van der Waals surface area contributed by atoms with Crippen LogP contribution in [0.4, 0.5) is 0 Å². The van der Waals surface area contributed by atoms with E-state index in [1.165, 1.54) is 0 Å². The Morgan fingerprint density at radius 2 is 1.42 bits per heavy atom. The fourth-order valence-corrected chi connectivity index (χ4v) is 3.93. The third kappa shape index (κ3) is 3.91. The summed E-state index contributed by atoms with van der Waals surface area (Å²) in [5, 5.41) is 39.2. The van der Waals surface area contributed by atoms with E-state index in [4.69, 9.17) is 0 Å². The first-order chi connectivity index (χ1) is 8.97. The van der Waals surface area contributed by atoms with Crippen LogP contribution in [0.2, 0.25) is 0 Å². The van der Waals surface area contributed by atoms with E-state index in [1.54, 1.807) is 0 Å². The highest BCUT2D eigenvalue weighted by Crippen LogP contribution is 2.37. The Labute approximate surface area is 115 Å². The van der Waals surface area contributed by atoms with Crippen molar-refractivity contribution >= 4 is 0 Å². The van der Waals surface area contributed by atoms with Crippen LogP contribution in [0.15, 0.2) is 0 Å². The lowest BCUT2D eigenvalue weighted by Crippen LogP contribution is -2.38. The fourth-order valence-electron chi connectivity index (χ4n) is 3.93. The van der Waals surface area contributed by atoms with Crippen molar-refractivity contribution < 1.29 is 20.4 Å². The van der Waals surface area contributed by atoms with E-state index >= 15 is 0 Å². The van der Waals surface area contributed by atoms with Crippen molar-refractivity contribution in [3.8, 4) is 0 Å². The molecule has 112 valence electrons. The average molecular weight is 272 g/mol. The Hall–Kier alpha value is -0.160. The topological polar surface area (TPSA) is 80.9 Å². The molecule has 7 unspecified atom stereocenters. The van der Waals surface area contributed by atoms with Gasteiger partial charge in [0.15, 0.2) is 0 Å². The van der Waals surface area contributed by atoms with Crippen LogP contribution in [-0.2, 0) is 0 Å². The number of aliphatic hydroxyl groups is 4. The zero-order valence-electron chi connectivity index (χ0n) is 11.8. The molecular formula is C15H28O4. The van der Waals surface area contributed by atoms with Crippen molar-refractivity contribution in [2.24, 2.45) is 17.8 Å². The molecule has 0 aromatic carbocycles. The summed E-state index contributed by atoms with van der Waals surface area (Å²) in [5.41, 5.74) is 0. The van der Waals surface area contributed by atoms with Gasteiger partial charge in [0.2, 0.25) is 0 Å². The summed E-state index contributed by atoms with van der Waals surface area (Å²) in [7, 11) is 0. The van der Waals surface area contributed by atoms with E-state index in [0.717, 1.165) is 32.1 Å². The standard InChI is InChI=1S/C15H28O4/c1-9(13-5-4-12(17)8-15(13)19)6-10-2-3-11(16)7-14(10)18/h9-19H,2-8H2,1H3. The molecule has 7 atom stereocenters. The van der Waals surface area contributed by atoms with Gasteiger partial charge in [-0.05, 0) is 62.7 Å². The SMILES string of the molecule is CC(CC1CCC(O)CC1O)C1CCC(O)CC1O. The van der Waals surface area contributed by atoms with Crippen molar-refractivity contribution in [3.05, 3.63) is 0 Å². The van der Waals surface area contributed by atoms with Gasteiger partial charge in [0.1, 0.15) is 0 Å². The molecule has 0 heterocycles. The lowest BCUT2D eigenvalue weighted by molar-refractivity contribution is -0.0385. The third-order valence-corrected chi connectivity index (χ3v) is 5.17. The molecule has 0 bridgehead atoms. The molecule has 2 saturated carbocycles. The zero-order valence-corrected chi connectivity index (χ0v) is 11.8. The molecule has 0 amide bonds. The average Bonchev–Trinajstić information content (AvgIpc) is 2.32. The van der Waals surface area contributed by atoms with Crippen molar-refractivity contribution in [2.75, 3.05) is 0 Å². The molecule has 0 aromatic rings. The fraction of sp³-hybridized carbons (Fsp3) is 1.00. The molecule has 19 heavy (non-hydrogen) atoms. The summed E-state index contributed by atoms with van der Waals surface area (Å²) in [4.78, 5) is 0. The molecule has 0 spiro atoms. The Bertz CT molecular complexity index is 283. The smallest absolute Gasteiger partial charge is 0.0595 e. The first-order valence-corrected chi connectivity index (χ1v) is 7.69. The molecule has 4 nitrogen and oxygen atoms in total. The summed E-state index contributed by atoms with van der Waals surface area (Å²) in [6, 6.07) is 0. The van der Waals surface area contributed by atoms with Gasteiger partial charge in [-0.2, -0.15) is 0 Å². The molecule has 4 N–H and O–H groups in total. The van der Waals surface area contributed by atoms with Gasteiger partial charge in [0.25, 0.3) is 0 Å². The van der Waals surface area contributed by atoms with Gasteiger partial charge in [0, 0.05) is 0 Å². The monoisotopic (exact) mass is 272 g/mol. The first-order valence-electron chi connectivity index (χ1n) is 7.69. The summed E-state index contributed by atoms with van der Waals surface area (Å²) in [5.74, 6) is 0.845. The maximum absolute atomic E-state index is 10.1. The Kier molecular flexibility index (Phi) is 5.23. The van der Waals surface area contributed by atoms with Crippen LogP contribution >= 0.6 is 0 Å². The van der Waals surface area contributed by atoms with E-state index in [1.807, 2.05) is 0 Å². The minimum Gasteiger partial charge on any atom is -0.393 e. The highest BCUT2D eigenvalue weighted by Gasteiger charge is 2.35. The molecular weight excluding hydrogens is 244 g/mol.